The molecule has 20 heavy (non-hydrogen) atoms. The first-order valence-electron chi connectivity index (χ1n) is 7.21. The molecule has 0 aromatic heterocycles. The van der Waals surface area contributed by atoms with Crippen LogP contribution in [0.5, 0.6) is 0 Å². The number of allylic oxidation sites excluding steroid dienone is 3. The molecule has 0 atom stereocenters. The Hall–Kier alpha value is -2.08. The van der Waals surface area contributed by atoms with Crippen LogP contribution in [0.4, 0.5) is 0 Å². The van der Waals surface area contributed by atoms with Crippen LogP contribution in [-0.4, -0.2) is 0 Å². The summed E-state index contributed by atoms with van der Waals surface area (Å²) in [5.74, 6) is 0. The molecule has 0 amide bonds. The summed E-state index contributed by atoms with van der Waals surface area (Å²) in [5, 5.41) is 0. The Bertz CT molecular complexity index is 547. The smallest absolute Gasteiger partial charge is 0.0178 e. The Labute approximate surface area is 123 Å². The second-order valence-electron chi connectivity index (χ2n) is 4.60. The van der Waals surface area contributed by atoms with E-state index in [9.17, 15) is 0 Å². The maximum absolute atomic E-state index is 3.84. The highest BCUT2D eigenvalue weighted by molar-refractivity contribution is 5.77. The lowest BCUT2D eigenvalue weighted by Gasteiger charge is -2.06. The van der Waals surface area contributed by atoms with E-state index in [1.165, 1.54) is 28.7 Å². The zero-order chi connectivity index (χ0) is 14.8. The molecule has 0 bridgehead atoms. The van der Waals surface area contributed by atoms with Crippen LogP contribution in [-0.2, 0) is 0 Å². The molecule has 0 heterocycles. The Morgan fingerprint density at radius 2 is 1.55 bits per heavy atom. The summed E-state index contributed by atoms with van der Waals surface area (Å²) in [4.78, 5) is 0. The average molecular weight is 264 g/mol. The third kappa shape index (κ3) is 4.55. The van der Waals surface area contributed by atoms with Gasteiger partial charge in [0.1, 0.15) is 0 Å². The quantitative estimate of drug-likeness (QED) is 0.566. The molecule has 0 saturated heterocycles. The number of hydrogen-bond donors (Lipinski definition) is 0. The largest absolute Gasteiger partial charge is 0.0985 e. The third-order valence-electron chi connectivity index (χ3n) is 2.83. The molecular formula is C20H24. The van der Waals surface area contributed by atoms with Crippen molar-refractivity contribution in [2.45, 2.75) is 27.2 Å². The summed E-state index contributed by atoms with van der Waals surface area (Å²) < 4.78 is 0. The molecule has 2 aromatic rings. The lowest BCUT2D eigenvalue weighted by atomic mass is 9.99. The molecule has 0 spiro atoms. The fourth-order valence-corrected chi connectivity index (χ4v) is 1.91. The van der Waals surface area contributed by atoms with Crippen molar-refractivity contribution in [3.8, 4) is 11.1 Å². The van der Waals surface area contributed by atoms with Crippen LogP contribution in [0, 0.1) is 0 Å². The Morgan fingerprint density at radius 3 is 2.10 bits per heavy atom. The van der Waals surface area contributed by atoms with Crippen molar-refractivity contribution in [3.63, 3.8) is 0 Å². The third-order valence-corrected chi connectivity index (χ3v) is 2.83. The SMILES string of the molecule is C=C/C(=C\C)c1cccc(-c2ccccc2)c1.CCC. The van der Waals surface area contributed by atoms with Gasteiger partial charge in [-0.05, 0) is 35.3 Å². The van der Waals surface area contributed by atoms with Gasteiger partial charge < -0.3 is 0 Å². The first kappa shape index (κ1) is 16.0. The lowest BCUT2D eigenvalue weighted by Crippen LogP contribution is -1.83. The van der Waals surface area contributed by atoms with Gasteiger partial charge in [-0.1, -0.05) is 87.5 Å². The standard InChI is InChI=1S/C17H16.C3H8/c1-3-14(4-2)16-11-8-12-17(13-16)15-9-6-5-7-10-15;1-3-2/h3-13H,1H2,2H3;3H2,1-2H3/b14-4+;. The van der Waals surface area contributed by atoms with E-state index in [4.69, 9.17) is 0 Å². The summed E-state index contributed by atoms with van der Waals surface area (Å²) in [6.45, 7) is 10.1. The average Bonchev–Trinajstić information content (AvgIpc) is 2.51. The summed E-state index contributed by atoms with van der Waals surface area (Å²) >= 11 is 0. The van der Waals surface area contributed by atoms with Crippen molar-refractivity contribution in [2.75, 3.05) is 0 Å². The van der Waals surface area contributed by atoms with Crippen LogP contribution in [0.25, 0.3) is 16.7 Å². The summed E-state index contributed by atoms with van der Waals surface area (Å²) in [6.07, 6.45) is 5.22. The lowest BCUT2D eigenvalue weighted by molar-refractivity contribution is 1.09. The molecular weight excluding hydrogens is 240 g/mol. The van der Waals surface area contributed by atoms with E-state index in [1.54, 1.807) is 0 Å². The monoisotopic (exact) mass is 264 g/mol. The van der Waals surface area contributed by atoms with Gasteiger partial charge in [0, 0.05) is 0 Å². The Kier molecular flexibility index (Phi) is 7.13. The molecule has 0 aliphatic rings. The topological polar surface area (TPSA) is 0 Å². The predicted octanol–water partition coefficient (Wildman–Crippen LogP) is 6.36. The van der Waals surface area contributed by atoms with Gasteiger partial charge >= 0.3 is 0 Å². The van der Waals surface area contributed by atoms with Crippen molar-refractivity contribution in [2.24, 2.45) is 0 Å². The molecule has 2 rings (SSSR count). The minimum atomic E-state index is 1.17. The van der Waals surface area contributed by atoms with Crippen LogP contribution in [0.15, 0.2) is 73.3 Å². The van der Waals surface area contributed by atoms with E-state index in [-0.39, 0.29) is 0 Å². The van der Waals surface area contributed by atoms with E-state index in [0.717, 1.165) is 0 Å². The van der Waals surface area contributed by atoms with E-state index in [2.05, 4.69) is 75.0 Å². The van der Waals surface area contributed by atoms with Gasteiger partial charge in [-0.15, -0.1) is 0 Å². The molecule has 0 fully saturated rings. The van der Waals surface area contributed by atoms with Crippen molar-refractivity contribution in [1.29, 1.82) is 0 Å². The van der Waals surface area contributed by atoms with Crippen molar-refractivity contribution in [3.05, 3.63) is 78.9 Å². The van der Waals surface area contributed by atoms with E-state index < -0.39 is 0 Å². The van der Waals surface area contributed by atoms with E-state index in [1.807, 2.05) is 19.1 Å². The molecule has 0 heteroatoms. The van der Waals surface area contributed by atoms with Crippen LogP contribution >= 0.6 is 0 Å². The second kappa shape index (κ2) is 8.92. The molecule has 0 N–H and O–H groups in total. The Balaban J connectivity index is 0.000000612. The maximum atomic E-state index is 3.84. The summed E-state index contributed by atoms with van der Waals surface area (Å²) in [6, 6.07) is 19.0. The van der Waals surface area contributed by atoms with Gasteiger partial charge in [0.15, 0.2) is 0 Å². The number of hydrogen-bond acceptors (Lipinski definition) is 0. The molecule has 0 nitrogen and oxygen atoms in total. The summed E-state index contributed by atoms with van der Waals surface area (Å²) in [5.41, 5.74) is 4.87. The van der Waals surface area contributed by atoms with Gasteiger partial charge in [-0.25, -0.2) is 0 Å². The van der Waals surface area contributed by atoms with E-state index in [0.29, 0.717) is 0 Å². The van der Waals surface area contributed by atoms with Gasteiger partial charge in [0.25, 0.3) is 0 Å². The van der Waals surface area contributed by atoms with Gasteiger partial charge in [0.05, 0.1) is 0 Å². The summed E-state index contributed by atoms with van der Waals surface area (Å²) in [7, 11) is 0. The van der Waals surface area contributed by atoms with Crippen LogP contribution in [0.3, 0.4) is 0 Å². The number of rotatable bonds is 3. The van der Waals surface area contributed by atoms with Crippen molar-refractivity contribution >= 4 is 5.57 Å². The van der Waals surface area contributed by atoms with E-state index >= 15 is 0 Å². The van der Waals surface area contributed by atoms with Crippen molar-refractivity contribution in [1.82, 2.24) is 0 Å². The predicted molar refractivity (Wildman–Crippen MR) is 91.7 cm³/mol. The van der Waals surface area contributed by atoms with Gasteiger partial charge in [0.2, 0.25) is 0 Å². The first-order chi connectivity index (χ1) is 9.76. The fourth-order valence-electron chi connectivity index (χ4n) is 1.91. The molecule has 2 aromatic carbocycles. The second-order valence-corrected chi connectivity index (χ2v) is 4.60. The molecule has 0 unspecified atom stereocenters. The van der Waals surface area contributed by atoms with Crippen LogP contribution < -0.4 is 0 Å². The normalized spacial score (nSPS) is 10.4. The highest BCUT2D eigenvalue weighted by Gasteiger charge is 2.00. The zero-order valence-corrected chi connectivity index (χ0v) is 12.8. The fraction of sp³-hybridized carbons (Fsp3) is 0.200. The maximum Gasteiger partial charge on any atom is -0.0178 e. The minimum absolute atomic E-state index is 1.17. The highest BCUT2D eigenvalue weighted by atomic mass is 14.0. The number of benzene rings is 2. The Morgan fingerprint density at radius 1 is 0.950 bits per heavy atom. The first-order valence-corrected chi connectivity index (χ1v) is 7.21. The van der Waals surface area contributed by atoms with Crippen molar-refractivity contribution < 1.29 is 0 Å². The minimum Gasteiger partial charge on any atom is -0.0985 e. The zero-order valence-electron chi connectivity index (χ0n) is 12.8. The van der Waals surface area contributed by atoms with Gasteiger partial charge in [-0.3, -0.25) is 0 Å². The van der Waals surface area contributed by atoms with Crippen LogP contribution in [0.1, 0.15) is 32.8 Å². The molecule has 0 aliphatic carbocycles. The molecule has 0 aliphatic heterocycles. The molecule has 0 saturated carbocycles. The van der Waals surface area contributed by atoms with Gasteiger partial charge in [-0.2, -0.15) is 0 Å². The van der Waals surface area contributed by atoms with Crippen LogP contribution in [0.2, 0.25) is 0 Å². The molecule has 104 valence electrons. The highest BCUT2D eigenvalue weighted by Crippen LogP contribution is 2.23. The molecule has 0 radical (unpaired) electrons.